The van der Waals surface area contributed by atoms with E-state index in [0.717, 1.165) is 5.56 Å². The molecule has 5 heteroatoms. The zero-order chi connectivity index (χ0) is 14.0. The Balaban J connectivity index is 2.21. The smallest absolute Gasteiger partial charge is 0.252 e. The standard InChI is InChI=1S/C14H17F2NO2/c1-14(2,12(15)16)13(18)17-7-8-19-11-6-4-3-5-10(11)9-17/h3-6,12H,7-9H2,1-2H3. The zero-order valence-corrected chi connectivity index (χ0v) is 11.0. The fourth-order valence-electron chi connectivity index (χ4n) is 2.00. The Bertz CT molecular complexity index is 474. The summed E-state index contributed by atoms with van der Waals surface area (Å²) in [6, 6.07) is 7.35. The molecule has 0 saturated heterocycles. The number of fused-ring (bicyclic) bond motifs is 1. The van der Waals surface area contributed by atoms with Crippen molar-refractivity contribution in [2.24, 2.45) is 5.41 Å². The summed E-state index contributed by atoms with van der Waals surface area (Å²) in [7, 11) is 0. The van der Waals surface area contributed by atoms with Crippen LogP contribution in [0.25, 0.3) is 0 Å². The topological polar surface area (TPSA) is 29.5 Å². The summed E-state index contributed by atoms with van der Waals surface area (Å²) in [4.78, 5) is 13.7. The summed E-state index contributed by atoms with van der Waals surface area (Å²) in [5.74, 6) is 0.176. The number of para-hydroxylation sites is 1. The predicted octanol–water partition coefficient (Wildman–Crippen LogP) is 2.70. The lowest BCUT2D eigenvalue weighted by Crippen LogP contribution is -2.45. The van der Waals surface area contributed by atoms with Crippen LogP contribution in [0.2, 0.25) is 0 Å². The Kier molecular flexibility index (Phi) is 3.73. The average molecular weight is 269 g/mol. The predicted molar refractivity (Wildman–Crippen MR) is 67.1 cm³/mol. The van der Waals surface area contributed by atoms with E-state index in [-0.39, 0.29) is 0 Å². The van der Waals surface area contributed by atoms with Crippen LogP contribution in [0.4, 0.5) is 8.78 Å². The van der Waals surface area contributed by atoms with Gasteiger partial charge in [0.25, 0.3) is 6.43 Å². The maximum atomic E-state index is 12.9. The number of hydrogen-bond donors (Lipinski definition) is 0. The average Bonchev–Trinajstić information content (AvgIpc) is 2.59. The molecule has 0 atom stereocenters. The summed E-state index contributed by atoms with van der Waals surface area (Å²) in [6.07, 6.45) is -2.68. The first kappa shape index (κ1) is 13.8. The van der Waals surface area contributed by atoms with Gasteiger partial charge >= 0.3 is 0 Å². The molecule has 3 nitrogen and oxygen atoms in total. The Morgan fingerprint density at radius 2 is 2.05 bits per heavy atom. The van der Waals surface area contributed by atoms with E-state index in [4.69, 9.17) is 4.74 Å². The molecule has 0 N–H and O–H groups in total. The molecule has 1 aromatic rings. The summed E-state index contributed by atoms with van der Waals surface area (Å²) in [6.45, 7) is 3.51. The van der Waals surface area contributed by atoms with E-state index in [1.807, 2.05) is 24.3 Å². The van der Waals surface area contributed by atoms with Gasteiger partial charge in [0.1, 0.15) is 17.8 Å². The fraction of sp³-hybridized carbons (Fsp3) is 0.500. The number of hydrogen-bond acceptors (Lipinski definition) is 2. The molecule has 0 saturated carbocycles. The SMILES string of the molecule is CC(C)(C(=O)N1CCOc2ccccc2C1)C(F)F. The number of alkyl halides is 2. The van der Waals surface area contributed by atoms with E-state index in [9.17, 15) is 13.6 Å². The minimum atomic E-state index is -2.68. The number of rotatable bonds is 2. The van der Waals surface area contributed by atoms with Crippen molar-refractivity contribution in [3.8, 4) is 5.75 Å². The van der Waals surface area contributed by atoms with Gasteiger partial charge in [-0.1, -0.05) is 18.2 Å². The number of benzene rings is 1. The van der Waals surface area contributed by atoms with Gasteiger partial charge in [0.05, 0.1) is 6.54 Å². The minimum absolute atomic E-state index is 0.311. The lowest BCUT2D eigenvalue weighted by atomic mass is 9.92. The van der Waals surface area contributed by atoms with Crippen molar-refractivity contribution in [3.63, 3.8) is 0 Å². The molecule has 1 aliphatic heterocycles. The first-order chi connectivity index (χ1) is 8.93. The molecule has 1 aliphatic rings. The highest BCUT2D eigenvalue weighted by molar-refractivity contribution is 5.82. The van der Waals surface area contributed by atoms with Gasteiger partial charge in [-0.25, -0.2) is 8.78 Å². The van der Waals surface area contributed by atoms with Crippen molar-refractivity contribution in [1.82, 2.24) is 4.90 Å². The molecule has 1 heterocycles. The second kappa shape index (κ2) is 5.15. The van der Waals surface area contributed by atoms with Gasteiger partial charge in [0, 0.05) is 12.1 Å². The van der Waals surface area contributed by atoms with E-state index in [1.165, 1.54) is 18.7 Å². The summed E-state index contributed by atoms with van der Waals surface area (Å²) in [5.41, 5.74) is -0.822. The molecule has 1 aromatic carbocycles. The molecule has 0 spiro atoms. The molecular weight excluding hydrogens is 252 g/mol. The van der Waals surface area contributed by atoms with Gasteiger partial charge in [-0.05, 0) is 19.9 Å². The first-order valence-electron chi connectivity index (χ1n) is 6.21. The number of ether oxygens (including phenoxy) is 1. The number of carbonyl (C=O) groups is 1. The molecular formula is C14H17F2NO2. The van der Waals surface area contributed by atoms with Crippen LogP contribution in [0.15, 0.2) is 24.3 Å². The normalized spacial score (nSPS) is 15.7. The van der Waals surface area contributed by atoms with Gasteiger partial charge in [-0.15, -0.1) is 0 Å². The van der Waals surface area contributed by atoms with Crippen LogP contribution in [-0.2, 0) is 11.3 Å². The van der Waals surface area contributed by atoms with Gasteiger partial charge in [-0.2, -0.15) is 0 Å². The van der Waals surface area contributed by atoms with Crippen LogP contribution in [0.3, 0.4) is 0 Å². The molecule has 0 aliphatic carbocycles. The number of carbonyl (C=O) groups excluding carboxylic acids is 1. The highest BCUT2D eigenvalue weighted by Crippen LogP contribution is 2.30. The minimum Gasteiger partial charge on any atom is -0.491 e. The van der Waals surface area contributed by atoms with Crippen LogP contribution in [-0.4, -0.2) is 30.4 Å². The maximum Gasteiger partial charge on any atom is 0.252 e. The second-order valence-electron chi connectivity index (χ2n) is 5.21. The van der Waals surface area contributed by atoms with E-state index in [0.29, 0.717) is 25.4 Å². The fourth-order valence-corrected chi connectivity index (χ4v) is 2.00. The third kappa shape index (κ3) is 2.69. The third-order valence-corrected chi connectivity index (χ3v) is 3.34. The van der Waals surface area contributed by atoms with Crippen molar-refractivity contribution in [2.75, 3.05) is 13.2 Å². The van der Waals surface area contributed by atoms with Gasteiger partial charge < -0.3 is 9.64 Å². The first-order valence-corrected chi connectivity index (χ1v) is 6.21. The lowest BCUT2D eigenvalue weighted by molar-refractivity contribution is -0.149. The number of nitrogens with zero attached hydrogens (tertiary/aromatic N) is 1. The van der Waals surface area contributed by atoms with Crippen LogP contribution < -0.4 is 4.74 Å². The molecule has 0 bridgehead atoms. The van der Waals surface area contributed by atoms with Crippen LogP contribution in [0.5, 0.6) is 5.75 Å². The zero-order valence-electron chi connectivity index (χ0n) is 11.0. The highest BCUT2D eigenvalue weighted by atomic mass is 19.3. The molecule has 104 valence electrons. The third-order valence-electron chi connectivity index (χ3n) is 3.34. The monoisotopic (exact) mass is 269 g/mol. The quantitative estimate of drug-likeness (QED) is 0.826. The Morgan fingerprint density at radius 1 is 1.37 bits per heavy atom. The summed E-state index contributed by atoms with van der Waals surface area (Å²) < 4.78 is 31.4. The maximum absolute atomic E-state index is 12.9. The molecule has 0 aromatic heterocycles. The highest BCUT2D eigenvalue weighted by Gasteiger charge is 2.41. The summed E-state index contributed by atoms with van der Waals surface area (Å²) in [5, 5.41) is 0. The van der Waals surface area contributed by atoms with Crippen molar-refractivity contribution < 1.29 is 18.3 Å². The largest absolute Gasteiger partial charge is 0.491 e. The summed E-state index contributed by atoms with van der Waals surface area (Å²) >= 11 is 0. The van der Waals surface area contributed by atoms with E-state index in [1.54, 1.807) is 0 Å². The van der Waals surface area contributed by atoms with Crippen LogP contribution in [0, 0.1) is 5.41 Å². The van der Waals surface area contributed by atoms with Gasteiger partial charge in [0.15, 0.2) is 0 Å². The molecule has 2 rings (SSSR count). The Hall–Kier alpha value is -1.65. The van der Waals surface area contributed by atoms with Crippen LogP contribution in [0.1, 0.15) is 19.4 Å². The second-order valence-corrected chi connectivity index (χ2v) is 5.21. The number of halogens is 2. The van der Waals surface area contributed by atoms with E-state index in [2.05, 4.69) is 0 Å². The van der Waals surface area contributed by atoms with Crippen molar-refractivity contribution >= 4 is 5.91 Å². The van der Waals surface area contributed by atoms with E-state index >= 15 is 0 Å². The Morgan fingerprint density at radius 3 is 2.74 bits per heavy atom. The lowest BCUT2D eigenvalue weighted by Gasteiger charge is -2.30. The molecule has 1 amide bonds. The molecule has 0 fully saturated rings. The van der Waals surface area contributed by atoms with E-state index < -0.39 is 17.7 Å². The molecule has 0 radical (unpaired) electrons. The van der Waals surface area contributed by atoms with Gasteiger partial charge in [-0.3, -0.25) is 4.79 Å². The van der Waals surface area contributed by atoms with Crippen molar-refractivity contribution in [2.45, 2.75) is 26.8 Å². The molecule has 0 unspecified atom stereocenters. The van der Waals surface area contributed by atoms with Crippen LogP contribution >= 0.6 is 0 Å². The molecule has 19 heavy (non-hydrogen) atoms. The van der Waals surface area contributed by atoms with Gasteiger partial charge in [0.2, 0.25) is 5.91 Å². The number of amides is 1. The Labute approximate surface area is 111 Å². The van der Waals surface area contributed by atoms with Crippen molar-refractivity contribution in [3.05, 3.63) is 29.8 Å². The van der Waals surface area contributed by atoms with Crippen molar-refractivity contribution in [1.29, 1.82) is 0 Å².